The lowest BCUT2D eigenvalue weighted by Crippen LogP contribution is -2.41. The average Bonchev–Trinajstić information content (AvgIpc) is 2.57. The van der Waals surface area contributed by atoms with E-state index in [2.05, 4.69) is 56.5 Å². The molecule has 0 spiro atoms. The lowest BCUT2D eigenvalue weighted by atomic mass is 10.0. The molecule has 1 aromatic rings. The fourth-order valence-corrected chi connectivity index (χ4v) is 2.57. The van der Waals surface area contributed by atoms with Crippen LogP contribution in [0.2, 0.25) is 0 Å². The highest BCUT2D eigenvalue weighted by Crippen LogP contribution is 2.15. The molecule has 1 atom stereocenters. The molecule has 1 unspecified atom stereocenters. The summed E-state index contributed by atoms with van der Waals surface area (Å²) in [5.74, 6) is 0.669. The summed E-state index contributed by atoms with van der Waals surface area (Å²) in [6.45, 7) is 8.84. The van der Waals surface area contributed by atoms with E-state index < -0.39 is 0 Å². The molecule has 1 N–H and O–H groups in total. The molecule has 1 rings (SSSR count). The van der Waals surface area contributed by atoms with Crippen molar-refractivity contribution >= 4 is 11.3 Å². The van der Waals surface area contributed by atoms with Crippen molar-refractivity contribution in [3.63, 3.8) is 0 Å². The minimum absolute atomic E-state index is 0.566. The second kappa shape index (κ2) is 6.38. The first-order chi connectivity index (χ1) is 7.50. The van der Waals surface area contributed by atoms with E-state index in [1.807, 2.05) is 11.3 Å². The van der Waals surface area contributed by atoms with Gasteiger partial charge >= 0.3 is 0 Å². The van der Waals surface area contributed by atoms with Gasteiger partial charge in [0.15, 0.2) is 0 Å². The van der Waals surface area contributed by atoms with E-state index in [1.54, 1.807) is 0 Å². The maximum absolute atomic E-state index is 3.66. The van der Waals surface area contributed by atoms with Crippen LogP contribution in [-0.2, 0) is 6.54 Å². The molecule has 0 bridgehead atoms. The standard InChI is InChI=1S/C13H24N2S/c1-10(2)12(9-15(4)5)14-8-13-11(3)6-7-16-13/h6-7,10,12,14H,8-9H2,1-5H3. The Hall–Kier alpha value is -0.380. The molecule has 1 aromatic heterocycles. The number of nitrogens with one attached hydrogen (secondary N) is 1. The molecule has 1 heterocycles. The van der Waals surface area contributed by atoms with E-state index in [0.717, 1.165) is 13.1 Å². The third kappa shape index (κ3) is 4.24. The molecule has 0 radical (unpaired) electrons. The minimum atomic E-state index is 0.566. The lowest BCUT2D eigenvalue weighted by molar-refractivity contribution is 0.288. The van der Waals surface area contributed by atoms with Crippen molar-refractivity contribution in [1.82, 2.24) is 10.2 Å². The van der Waals surface area contributed by atoms with E-state index in [9.17, 15) is 0 Å². The molecule has 2 nitrogen and oxygen atoms in total. The molecule has 16 heavy (non-hydrogen) atoms. The molecular formula is C13H24N2S. The van der Waals surface area contributed by atoms with Gasteiger partial charge in [-0.05, 0) is 43.9 Å². The smallest absolute Gasteiger partial charge is 0.0305 e. The summed E-state index contributed by atoms with van der Waals surface area (Å²) in [6.07, 6.45) is 0. The summed E-state index contributed by atoms with van der Waals surface area (Å²) < 4.78 is 0. The number of aryl methyl sites for hydroxylation is 1. The molecule has 92 valence electrons. The molecule has 0 aromatic carbocycles. The zero-order valence-electron chi connectivity index (χ0n) is 11.1. The van der Waals surface area contributed by atoms with Crippen molar-refractivity contribution in [3.8, 4) is 0 Å². The van der Waals surface area contributed by atoms with Crippen molar-refractivity contribution < 1.29 is 0 Å². The number of likely N-dealkylation sites (N-methyl/N-ethyl adjacent to an activating group) is 1. The number of nitrogens with zero attached hydrogens (tertiary/aromatic N) is 1. The maximum atomic E-state index is 3.66. The monoisotopic (exact) mass is 240 g/mol. The summed E-state index contributed by atoms with van der Waals surface area (Å²) in [5, 5.41) is 5.83. The van der Waals surface area contributed by atoms with E-state index in [1.165, 1.54) is 10.4 Å². The van der Waals surface area contributed by atoms with Crippen LogP contribution < -0.4 is 5.32 Å². The molecule has 0 aliphatic rings. The zero-order chi connectivity index (χ0) is 12.1. The van der Waals surface area contributed by atoms with Crippen molar-refractivity contribution in [2.45, 2.75) is 33.4 Å². The third-order valence-electron chi connectivity index (χ3n) is 2.86. The quantitative estimate of drug-likeness (QED) is 0.822. The topological polar surface area (TPSA) is 15.3 Å². The Morgan fingerprint density at radius 2 is 2.06 bits per heavy atom. The van der Waals surface area contributed by atoms with Crippen LogP contribution in [0.1, 0.15) is 24.3 Å². The molecule has 0 aliphatic carbocycles. The SMILES string of the molecule is Cc1ccsc1CNC(CN(C)C)C(C)C. The average molecular weight is 240 g/mol. The lowest BCUT2D eigenvalue weighted by Gasteiger charge is -2.25. The van der Waals surface area contributed by atoms with Crippen molar-refractivity contribution in [2.24, 2.45) is 5.92 Å². The fourth-order valence-electron chi connectivity index (χ4n) is 1.71. The first-order valence-corrected chi connectivity index (χ1v) is 6.79. The summed E-state index contributed by atoms with van der Waals surface area (Å²) in [7, 11) is 4.26. The highest BCUT2D eigenvalue weighted by molar-refractivity contribution is 7.10. The maximum Gasteiger partial charge on any atom is 0.0305 e. The fraction of sp³-hybridized carbons (Fsp3) is 0.692. The first kappa shape index (κ1) is 13.7. The van der Waals surface area contributed by atoms with Crippen LogP contribution >= 0.6 is 11.3 Å². The van der Waals surface area contributed by atoms with E-state index >= 15 is 0 Å². The number of hydrogen-bond donors (Lipinski definition) is 1. The summed E-state index contributed by atoms with van der Waals surface area (Å²) >= 11 is 1.85. The summed E-state index contributed by atoms with van der Waals surface area (Å²) in [6, 6.07) is 2.76. The first-order valence-electron chi connectivity index (χ1n) is 5.91. The van der Waals surface area contributed by atoms with Gasteiger partial charge in [-0.2, -0.15) is 0 Å². The zero-order valence-corrected chi connectivity index (χ0v) is 11.9. The van der Waals surface area contributed by atoms with E-state index in [0.29, 0.717) is 12.0 Å². The second-order valence-electron chi connectivity index (χ2n) is 5.02. The largest absolute Gasteiger partial charge is 0.308 e. The number of thiophene rings is 1. The Labute approximate surface area is 104 Å². The van der Waals surface area contributed by atoms with Gasteiger partial charge in [0.2, 0.25) is 0 Å². The van der Waals surface area contributed by atoms with Gasteiger partial charge in [-0.1, -0.05) is 13.8 Å². The van der Waals surface area contributed by atoms with Crippen molar-refractivity contribution in [1.29, 1.82) is 0 Å². The van der Waals surface area contributed by atoms with Crippen LogP contribution in [0.4, 0.5) is 0 Å². The van der Waals surface area contributed by atoms with Gasteiger partial charge in [0.1, 0.15) is 0 Å². The van der Waals surface area contributed by atoms with Crippen molar-refractivity contribution in [3.05, 3.63) is 21.9 Å². The molecule has 3 heteroatoms. The molecule has 0 aliphatic heterocycles. The molecule has 0 fully saturated rings. The summed E-state index contributed by atoms with van der Waals surface area (Å²) in [5.41, 5.74) is 1.41. The molecular weight excluding hydrogens is 216 g/mol. The predicted molar refractivity (Wildman–Crippen MR) is 73.1 cm³/mol. The summed E-state index contributed by atoms with van der Waals surface area (Å²) in [4.78, 5) is 3.71. The van der Waals surface area contributed by atoms with Crippen molar-refractivity contribution in [2.75, 3.05) is 20.6 Å². The second-order valence-corrected chi connectivity index (χ2v) is 6.02. The Morgan fingerprint density at radius 3 is 2.50 bits per heavy atom. The Kier molecular flexibility index (Phi) is 5.46. The van der Waals surface area contributed by atoms with Gasteiger partial charge in [-0.25, -0.2) is 0 Å². The van der Waals surface area contributed by atoms with Crippen LogP contribution in [0, 0.1) is 12.8 Å². The van der Waals surface area contributed by atoms with Gasteiger partial charge in [0.25, 0.3) is 0 Å². The van der Waals surface area contributed by atoms with Gasteiger partial charge in [0.05, 0.1) is 0 Å². The predicted octanol–water partition coefficient (Wildman–Crippen LogP) is 2.73. The normalized spacial score (nSPS) is 13.7. The van der Waals surface area contributed by atoms with Crippen LogP contribution in [0.25, 0.3) is 0 Å². The Morgan fingerprint density at radius 1 is 1.38 bits per heavy atom. The highest BCUT2D eigenvalue weighted by Gasteiger charge is 2.14. The Balaban J connectivity index is 2.47. The van der Waals surface area contributed by atoms with Gasteiger partial charge in [-0.15, -0.1) is 11.3 Å². The van der Waals surface area contributed by atoms with Crippen LogP contribution in [-0.4, -0.2) is 31.6 Å². The molecule has 0 saturated carbocycles. The molecule has 0 amide bonds. The van der Waals surface area contributed by atoms with E-state index in [4.69, 9.17) is 0 Å². The van der Waals surface area contributed by atoms with Crippen LogP contribution in [0.3, 0.4) is 0 Å². The minimum Gasteiger partial charge on any atom is -0.308 e. The van der Waals surface area contributed by atoms with E-state index in [-0.39, 0.29) is 0 Å². The van der Waals surface area contributed by atoms with Crippen LogP contribution in [0.5, 0.6) is 0 Å². The molecule has 0 saturated heterocycles. The van der Waals surface area contributed by atoms with Gasteiger partial charge in [0, 0.05) is 24.0 Å². The Bertz CT molecular complexity index is 305. The number of rotatable bonds is 6. The van der Waals surface area contributed by atoms with Crippen LogP contribution in [0.15, 0.2) is 11.4 Å². The third-order valence-corrected chi connectivity index (χ3v) is 3.88. The highest BCUT2D eigenvalue weighted by atomic mass is 32.1. The van der Waals surface area contributed by atoms with Gasteiger partial charge < -0.3 is 10.2 Å². The van der Waals surface area contributed by atoms with Gasteiger partial charge in [-0.3, -0.25) is 0 Å². The number of hydrogen-bond acceptors (Lipinski definition) is 3.